The Hall–Kier alpha value is -1.12. The highest BCUT2D eigenvalue weighted by atomic mass is 19.1. The molecule has 1 nitrogen and oxygen atoms in total. The standard InChI is InChI=1S/C11H13F2N/c1-2-7-3-8-4-9(12)5-10(13)11(8)14-6-7/h4-5,7,14H,2-3,6H2,1H3. The molecule has 0 aliphatic carbocycles. The SMILES string of the molecule is CCC1CNc2c(F)cc(F)cc2C1. The van der Waals surface area contributed by atoms with E-state index >= 15 is 0 Å². The lowest BCUT2D eigenvalue weighted by Gasteiger charge is -2.25. The number of fused-ring (bicyclic) bond motifs is 1. The van der Waals surface area contributed by atoms with E-state index in [1.807, 2.05) is 0 Å². The van der Waals surface area contributed by atoms with Crippen LogP contribution in [-0.2, 0) is 6.42 Å². The van der Waals surface area contributed by atoms with Crippen LogP contribution in [0.3, 0.4) is 0 Å². The molecule has 0 saturated carbocycles. The van der Waals surface area contributed by atoms with Gasteiger partial charge in [-0.15, -0.1) is 0 Å². The maximum atomic E-state index is 13.3. The molecule has 0 aromatic heterocycles. The highest BCUT2D eigenvalue weighted by molar-refractivity contribution is 5.54. The maximum absolute atomic E-state index is 13.3. The summed E-state index contributed by atoms with van der Waals surface area (Å²) in [6, 6.07) is 2.35. The first kappa shape index (κ1) is 9.44. The summed E-state index contributed by atoms with van der Waals surface area (Å²) >= 11 is 0. The third-order valence-electron chi connectivity index (χ3n) is 2.79. The fraction of sp³-hybridized carbons (Fsp3) is 0.455. The van der Waals surface area contributed by atoms with Crippen LogP contribution in [0.1, 0.15) is 18.9 Å². The van der Waals surface area contributed by atoms with Crippen molar-refractivity contribution in [2.75, 3.05) is 11.9 Å². The molecular formula is C11H13F2N. The van der Waals surface area contributed by atoms with E-state index in [1.54, 1.807) is 0 Å². The predicted octanol–water partition coefficient (Wildman–Crippen LogP) is 2.96. The largest absolute Gasteiger partial charge is 0.382 e. The van der Waals surface area contributed by atoms with E-state index in [4.69, 9.17) is 0 Å². The molecule has 0 amide bonds. The van der Waals surface area contributed by atoms with Crippen LogP contribution in [0.25, 0.3) is 0 Å². The van der Waals surface area contributed by atoms with Crippen LogP contribution < -0.4 is 5.32 Å². The molecule has 1 atom stereocenters. The molecule has 1 N–H and O–H groups in total. The Bertz CT molecular complexity index is 349. The Labute approximate surface area is 82.1 Å². The monoisotopic (exact) mass is 197 g/mol. The number of benzene rings is 1. The second-order valence-corrected chi connectivity index (χ2v) is 3.78. The van der Waals surface area contributed by atoms with Gasteiger partial charge in [-0.2, -0.15) is 0 Å². The van der Waals surface area contributed by atoms with Gasteiger partial charge in [0.15, 0.2) is 0 Å². The number of hydrogen-bond donors (Lipinski definition) is 1. The van der Waals surface area contributed by atoms with Gasteiger partial charge < -0.3 is 5.32 Å². The number of hydrogen-bond acceptors (Lipinski definition) is 1. The van der Waals surface area contributed by atoms with Crippen LogP contribution in [-0.4, -0.2) is 6.54 Å². The Balaban J connectivity index is 2.37. The zero-order chi connectivity index (χ0) is 10.1. The summed E-state index contributed by atoms with van der Waals surface area (Å²) in [4.78, 5) is 0. The van der Waals surface area contributed by atoms with Gasteiger partial charge in [0.05, 0.1) is 5.69 Å². The average molecular weight is 197 g/mol. The van der Waals surface area contributed by atoms with Crippen molar-refractivity contribution in [3.8, 4) is 0 Å². The first-order valence-corrected chi connectivity index (χ1v) is 4.92. The van der Waals surface area contributed by atoms with Gasteiger partial charge in [-0.05, 0) is 24.0 Å². The number of halogens is 2. The number of anilines is 1. The third-order valence-corrected chi connectivity index (χ3v) is 2.79. The first-order chi connectivity index (χ1) is 6.70. The van der Waals surface area contributed by atoms with Gasteiger partial charge in [0.2, 0.25) is 0 Å². The quantitative estimate of drug-likeness (QED) is 0.729. The molecule has 0 spiro atoms. The van der Waals surface area contributed by atoms with Crippen LogP contribution in [0, 0.1) is 17.6 Å². The van der Waals surface area contributed by atoms with E-state index in [2.05, 4.69) is 12.2 Å². The molecule has 1 aliphatic rings. The molecule has 0 radical (unpaired) electrons. The third kappa shape index (κ3) is 1.59. The summed E-state index contributed by atoms with van der Waals surface area (Å²) in [5.74, 6) is -0.474. The van der Waals surface area contributed by atoms with Crippen molar-refractivity contribution in [1.82, 2.24) is 0 Å². The van der Waals surface area contributed by atoms with Crippen LogP contribution in [0.15, 0.2) is 12.1 Å². The van der Waals surface area contributed by atoms with Crippen molar-refractivity contribution in [3.05, 3.63) is 29.3 Å². The molecule has 0 bridgehead atoms. The van der Waals surface area contributed by atoms with E-state index < -0.39 is 11.6 Å². The molecule has 0 fully saturated rings. The molecule has 3 heteroatoms. The second kappa shape index (κ2) is 3.56. The number of rotatable bonds is 1. The van der Waals surface area contributed by atoms with Gasteiger partial charge in [0.25, 0.3) is 0 Å². The zero-order valence-electron chi connectivity index (χ0n) is 8.11. The predicted molar refractivity (Wildman–Crippen MR) is 52.3 cm³/mol. The average Bonchev–Trinajstić information content (AvgIpc) is 2.16. The molecule has 0 saturated heterocycles. The summed E-state index contributed by atoms with van der Waals surface area (Å²) < 4.78 is 26.2. The number of nitrogens with one attached hydrogen (secondary N) is 1. The summed E-state index contributed by atoms with van der Waals surface area (Å²) in [6.07, 6.45) is 1.80. The smallest absolute Gasteiger partial charge is 0.149 e. The zero-order valence-corrected chi connectivity index (χ0v) is 8.11. The van der Waals surface area contributed by atoms with Crippen LogP contribution in [0.2, 0.25) is 0 Å². The van der Waals surface area contributed by atoms with Gasteiger partial charge in [0.1, 0.15) is 11.6 Å². The minimum Gasteiger partial charge on any atom is -0.382 e. The Morgan fingerprint density at radius 3 is 2.93 bits per heavy atom. The maximum Gasteiger partial charge on any atom is 0.149 e. The van der Waals surface area contributed by atoms with E-state index in [1.165, 1.54) is 6.07 Å². The lowest BCUT2D eigenvalue weighted by Crippen LogP contribution is -2.23. The fourth-order valence-electron chi connectivity index (χ4n) is 1.90. The molecule has 1 aromatic rings. The summed E-state index contributed by atoms with van der Waals surface area (Å²) in [5, 5.41) is 3.02. The summed E-state index contributed by atoms with van der Waals surface area (Å²) in [5.41, 5.74) is 1.25. The highest BCUT2D eigenvalue weighted by Gasteiger charge is 2.20. The molecule has 76 valence electrons. The summed E-state index contributed by atoms with van der Waals surface area (Å²) in [6.45, 7) is 2.87. The van der Waals surface area contributed by atoms with Gasteiger partial charge >= 0.3 is 0 Å². The molecule has 1 aliphatic heterocycles. The van der Waals surface area contributed by atoms with Gasteiger partial charge in [-0.3, -0.25) is 0 Å². The summed E-state index contributed by atoms with van der Waals surface area (Å²) in [7, 11) is 0. The van der Waals surface area contributed by atoms with E-state index in [-0.39, 0.29) is 0 Å². The highest BCUT2D eigenvalue weighted by Crippen LogP contribution is 2.29. The van der Waals surface area contributed by atoms with E-state index in [0.29, 0.717) is 11.6 Å². The normalized spacial score (nSPS) is 20.1. The lowest BCUT2D eigenvalue weighted by molar-refractivity contribution is 0.505. The molecule has 1 aromatic carbocycles. The molecular weight excluding hydrogens is 184 g/mol. The molecule has 1 unspecified atom stereocenters. The Morgan fingerprint density at radius 2 is 2.21 bits per heavy atom. The van der Waals surface area contributed by atoms with Crippen LogP contribution in [0.5, 0.6) is 0 Å². The van der Waals surface area contributed by atoms with Crippen molar-refractivity contribution in [2.45, 2.75) is 19.8 Å². The van der Waals surface area contributed by atoms with Crippen molar-refractivity contribution < 1.29 is 8.78 Å². The van der Waals surface area contributed by atoms with Crippen LogP contribution in [0.4, 0.5) is 14.5 Å². The molecule has 2 rings (SSSR count). The molecule has 14 heavy (non-hydrogen) atoms. The van der Waals surface area contributed by atoms with Gasteiger partial charge in [0, 0.05) is 12.6 Å². The van der Waals surface area contributed by atoms with Gasteiger partial charge in [-0.1, -0.05) is 13.3 Å². The second-order valence-electron chi connectivity index (χ2n) is 3.78. The Kier molecular flexibility index (Phi) is 2.40. The van der Waals surface area contributed by atoms with E-state index in [0.717, 1.165) is 31.0 Å². The molecule has 1 heterocycles. The fourth-order valence-corrected chi connectivity index (χ4v) is 1.90. The van der Waals surface area contributed by atoms with Crippen LogP contribution >= 0.6 is 0 Å². The van der Waals surface area contributed by atoms with Crippen molar-refractivity contribution in [3.63, 3.8) is 0 Å². The minimum atomic E-state index is -0.486. The first-order valence-electron chi connectivity index (χ1n) is 4.92. The van der Waals surface area contributed by atoms with Crippen molar-refractivity contribution in [1.29, 1.82) is 0 Å². The van der Waals surface area contributed by atoms with Crippen molar-refractivity contribution in [2.24, 2.45) is 5.92 Å². The van der Waals surface area contributed by atoms with Gasteiger partial charge in [-0.25, -0.2) is 8.78 Å². The lowest BCUT2D eigenvalue weighted by atomic mass is 9.92. The minimum absolute atomic E-state index is 0.477. The Morgan fingerprint density at radius 1 is 1.43 bits per heavy atom. The van der Waals surface area contributed by atoms with E-state index in [9.17, 15) is 8.78 Å². The topological polar surface area (TPSA) is 12.0 Å². The van der Waals surface area contributed by atoms with Crippen molar-refractivity contribution >= 4 is 5.69 Å².